The van der Waals surface area contributed by atoms with E-state index in [1.54, 1.807) is 30.7 Å². The zero-order valence-corrected chi connectivity index (χ0v) is 15.5. The highest BCUT2D eigenvalue weighted by Gasteiger charge is 2.23. The molecule has 0 saturated carbocycles. The molecule has 0 unspecified atom stereocenters. The summed E-state index contributed by atoms with van der Waals surface area (Å²) in [5, 5.41) is 17.9. The first-order chi connectivity index (χ1) is 13.5. The van der Waals surface area contributed by atoms with Gasteiger partial charge in [-0.05, 0) is 55.9 Å². The minimum Gasteiger partial charge on any atom is -0.397 e. The van der Waals surface area contributed by atoms with Gasteiger partial charge in [-0.15, -0.1) is 0 Å². The summed E-state index contributed by atoms with van der Waals surface area (Å²) in [7, 11) is 0. The number of nitrogens with zero attached hydrogens (tertiary/aromatic N) is 2. The van der Waals surface area contributed by atoms with E-state index in [2.05, 4.69) is 4.98 Å². The maximum Gasteiger partial charge on any atom is 0.274 e. The third kappa shape index (κ3) is 2.90. The van der Waals surface area contributed by atoms with Crippen molar-refractivity contribution in [2.24, 2.45) is 0 Å². The second kappa shape index (κ2) is 7.01. The molecule has 0 saturated heterocycles. The number of amides is 1. The van der Waals surface area contributed by atoms with Gasteiger partial charge in [0.15, 0.2) is 5.65 Å². The molecule has 5 N–H and O–H groups in total. The molecule has 3 aromatic rings. The molecule has 142 valence electrons. The summed E-state index contributed by atoms with van der Waals surface area (Å²) in [6.45, 7) is 1.74. The molecule has 28 heavy (non-hydrogen) atoms. The Morgan fingerprint density at radius 1 is 1.18 bits per heavy atom. The van der Waals surface area contributed by atoms with Gasteiger partial charge in [-0.2, -0.15) is 0 Å². The zero-order valence-electron chi connectivity index (χ0n) is 15.5. The highest BCUT2D eigenvalue weighted by atomic mass is 16.5. The highest BCUT2D eigenvalue weighted by molar-refractivity contribution is 6.12. The van der Waals surface area contributed by atoms with E-state index in [0.29, 0.717) is 22.6 Å². The number of nitrogen functional groups attached to an aromatic ring is 1. The first-order valence-corrected chi connectivity index (χ1v) is 9.21. The number of hydrogen-bond donors (Lipinski definition) is 4. The van der Waals surface area contributed by atoms with E-state index < -0.39 is 5.91 Å². The number of pyridine rings is 2. The Bertz CT molecular complexity index is 1110. The summed E-state index contributed by atoms with van der Waals surface area (Å²) in [4.78, 5) is 20.9. The number of hydrogen-bond acceptors (Lipinski definition) is 6. The quantitative estimate of drug-likeness (QED) is 0.318. The van der Waals surface area contributed by atoms with E-state index in [1.165, 1.54) is 5.56 Å². The summed E-state index contributed by atoms with van der Waals surface area (Å²) in [5.74, 6) is -0.553. The minimum absolute atomic E-state index is 0.369. The van der Waals surface area contributed by atoms with Crippen LogP contribution in [0.3, 0.4) is 0 Å². The number of aryl methyl sites for hydroxylation is 1. The summed E-state index contributed by atoms with van der Waals surface area (Å²) in [6.07, 6.45) is 5.52. The first-order valence-electron chi connectivity index (χ1n) is 9.21. The van der Waals surface area contributed by atoms with Crippen LogP contribution in [0.2, 0.25) is 0 Å². The van der Waals surface area contributed by atoms with Gasteiger partial charge in [-0.1, -0.05) is 12.1 Å². The topological polar surface area (TPSA) is 125 Å². The lowest BCUT2D eigenvalue weighted by atomic mass is 9.85. The van der Waals surface area contributed by atoms with Crippen molar-refractivity contribution in [1.82, 2.24) is 15.4 Å². The van der Waals surface area contributed by atoms with Crippen LogP contribution >= 0.6 is 0 Å². The van der Waals surface area contributed by atoms with E-state index in [0.717, 1.165) is 53.5 Å². The van der Waals surface area contributed by atoms with Gasteiger partial charge in [0.2, 0.25) is 0 Å². The van der Waals surface area contributed by atoms with Crippen LogP contribution < -0.4 is 11.2 Å². The number of rotatable bonds is 3. The van der Waals surface area contributed by atoms with Crippen molar-refractivity contribution in [2.75, 3.05) is 5.73 Å². The van der Waals surface area contributed by atoms with Crippen molar-refractivity contribution < 1.29 is 10.0 Å². The van der Waals surface area contributed by atoms with Crippen molar-refractivity contribution in [1.29, 1.82) is 5.41 Å². The fraction of sp³-hybridized carbons (Fsp3) is 0.238. The van der Waals surface area contributed by atoms with Crippen LogP contribution in [-0.4, -0.2) is 26.8 Å². The second-order valence-electron chi connectivity index (χ2n) is 7.06. The fourth-order valence-corrected chi connectivity index (χ4v) is 3.99. The Morgan fingerprint density at radius 3 is 2.50 bits per heavy atom. The van der Waals surface area contributed by atoms with E-state index in [4.69, 9.17) is 21.3 Å². The molecule has 0 atom stereocenters. The van der Waals surface area contributed by atoms with E-state index >= 15 is 0 Å². The largest absolute Gasteiger partial charge is 0.397 e. The molecule has 7 heteroatoms. The van der Waals surface area contributed by atoms with Crippen LogP contribution in [0.25, 0.3) is 22.3 Å². The molecule has 1 amide bonds. The lowest BCUT2D eigenvalue weighted by Crippen LogP contribution is -2.18. The molecule has 2 heterocycles. The minimum atomic E-state index is -0.553. The Kier molecular flexibility index (Phi) is 4.52. The van der Waals surface area contributed by atoms with Crippen LogP contribution in [0.1, 0.15) is 46.8 Å². The van der Waals surface area contributed by atoms with Crippen molar-refractivity contribution in [3.8, 4) is 11.3 Å². The molecule has 0 bridgehead atoms. The zero-order chi connectivity index (χ0) is 19.8. The summed E-state index contributed by atoms with van der Waals surface area (Å²) in [5.41, 5.74) is 14.4. The molecular weight excluding hydrogens is 354 g/mol. The number of fused-ring (bicyclic) bond motifs is 3. The Labute approximate surface area is 162 Å². The molecule has 4 rings (SSSR count). The van der Waals surface area contributed by atoms with Gasteiger partial charge in [0.1, 0.15) is 0 Å². The average molecular weight is 375 g/mol. The monoisotopic (exact) mass is 375 g/mol. The maximum absolute atomic E-state index is 11.6. The van der Waals surface area contributed by atoms with Gasteiger partial charge in [0, 0.05) is 27.8 Å². The summed E-state index contributed by atoms with van der Waals surface area (Å²) in [6, 6.07) is 6.97. The number of hydroxylamine groups is 1. The van der Waals surface area contributed by atoms with Crippen molar-refractivity contribution in [2.45, 2.75) is 32.6 Å². The molecular formula is C21H21N5O2. The smallest absolute Gasteiger partial charge is 0.274 e. The molecule has 7 nitrogen and oxygen atoms in total. The third-order valence-corrected chi connectivity index (χ3v) is 5.26. The van der Waals surface area contributed by atoms with Crippen LogP contribution in [-0.2, 0) is 12.8 Å². The molecule has 1 aromatic carbocycles. The SMILES string of the molecule is CC(=N)c1c(N)cnc2nc(-c3ccc(C(=O)NO)cc3)c3c(c12)CCCC3. The van der Waals surface area contributed by atoms with E-state index in [9.17, 15) is 4.79 Å². The molecule has 0 spiro atoms. The van der Waals surface area contributed by atoms with E-state index in [-0.39, 0.29) is 0 Å². The maximum atomic E-state index is 11.6. The standard InChI is InChI=1S/C21H21N5O2/c1-11(22)17-16(23)10-24-20-18(17)14-4-2-3-5-15(14)19(25-20)12-6-8-13(9-7-12)21(27)26-28/h6-10,22,28H,2-5,23H2,1H3,(H,26,27). The number of nitrogens with two attached hydrogens (primary N) is 1. The van der Waals surface area contributed by atoms with Gasteiger partial charge in [-0.25, -0.2) is 15.4 Å². The highest BCUT2D eigenvalue weighted by Crippen LogP contribution is 2.37. The normalized spacial score (nSPS) is 13.2. The number of aromatic nitrogens is 2. The number of carbonyl (C=O) groups excluding carboxylic acids is 1. The predicted octanol–water partition coefficient (Wildman–Crippen LogP) is 3.26. The third-order valence-electron chi connectivity index (χ3n) is 5.26. The van der Waals surface area contributed by atoms with Crippen LogP contribution in [0, 0.1) is 5.41 Å². The first kappa shape index (κ1) is 18.1. The van der Waals surface area contributed by atoms with Gasteiger partial charge in [0.25, 0.3) is 5.91 Å². The van der Waals surface area contributed by atoms with Gasteiger partial charge in [0.05, 0.1) is 17.6 Å². The lowest BCUT2D eigenvalue weighted by molar-refractivity contribution is 0.0706. The van der Waals surface area contributed by atoms with Crippen molar-refractivity contribution in [3.63, 3.8) is 0 Å². The van der Waals surface area contributed by atoms with Crippen molar-refractivity contribution in [3.05, 3.63) is 52.7 Å². The fourth-order valence-electron chi connectivity index (χ4n) is 3.99. The van der Waals surface area contributed by atoms with Crippen molar-refractivity contribution >= 4 is 28.3 Å². The number of carbonyl (C=O) groups is 1. The Balaban J connectivity index is 1.97. The Hall–Kier alpha value is -3.32. The number of anilines is 1. The average Bonchev–Trinajstić information content (AvgIpc) is 2.72. The van der Waals surface area contributed by atoms with Crippen LogP contribution in [0.5, 0.6) is 0 Å². The van der Waals surface area contributed by atoms with Crippen LogP contribution in [0.4, 0.5) is 5.69 Å². The number of benzene rings is 1. The molecule has 2 aromatic heterocycles. The molecule has 1 aliphatic carbocycles. The van der Waals surface area contributed by atoms with Gasteiger partial charge < -0.3 is 11.1 Å². The number of nitrogens with one attached hydrogen (secondary N) is 2. The molecule has 0 fully saturated rings. The molecule has 0 radical (unpaired) electrons. The lowest BCUT2D eigenvalue weighted by Gasteiger charge is -2.23. The predicted molar refractivity (Wildman–Crippen MR) is 108 cm³/mol. The molecule has 0 aliphatic heterocycles. The Morgan fingerprint density at radius 2 is 1.86 bits per heavy atom. The van der Waals surface area contributed by atoms with E-state index in [1.807, 2.05) is 12.1 Å². The van der Waals surface area contributed by atoms with Gasteiger partial charge in [-0.3, -0.25) is 10.0 Å². The summed E-state index contributed by atoms with van der Waals surface area (Å²) < 4.78 is 0. The summed E-state index contributed by atoms with van der Waals surface area (Å²) >= 11 is 0. The molecule has 1 aliphatic rings. The van der Waals surface area contributed by atoms with Crippen LogP contribution in [0.15, 0.2) is 30.5 Å². The van der Waals surface area contributed by atoms with Gasteiger partial charge >= 0.3 is 0 Å². The second-order valence-corrected chi connectivity index (χ2v) is 7.06.